The SMILES string of the molecule is C[C@H]1CCCC[C@@]12NC(=O)N(CC(=O)OCCOC(=O)c1ccccc1)C2=O. The van der Waals surface area contributed by atoms with Crippen molar-refractivity contribution in [2.75, 3.05) is 19.8 Å². The first-order chi connectivity index (χ1) is 13.4. The van der Waals surface area contributed by atoms with Crippen molar-refractivity contribution in [2.24, 2.45) is 5.92 Å². The second-order valence-electron chi connectivity index (χ2n) is 7.16. The van der Waals surface area contributed by atoms with Crippen LogP contribution in [-0.2, 0) is 19.1 Å². The molecule has 8 heteroatoms. The van der Waals surface area contributed by atoms with Gasteiger partial charge in [0.2, 0.25) is 0 Å². The fraction of sp³-hybridized carbons (Fsp3) is 0.500. The summed E-state index contributed by atoms with van der Waals surface area (Å²) in [7, 11) is 0. The summed E-state index contributed by atoms with van der Waals surface area (Å²) in [5.74, 6) is -1.58. The summed E-state index contributed by atoms with van der Waals surface area (Å²) >= 11 is 0. The van der Waals surface area contributed by atoms with E-state index in [1.807, 2.05) is 6.92 Å². The van der Waals surface area contributed by atoms with Gasteiger partial charge < -0.3 is 14.8 Å². The second kappa shape index (κ2) is 8.41. The molecule has 3 rings (SSSR count). The van der Waals surface area contributed by atoms with Crippen LogP contribution < -0.4 is 5.32 Å². The van der Waals surface area contributed by atoms with E-state index in [4.69, 9.17) is 9.47 Å². The normalized spacial score (nSPS) is 24.2. The number of carbonyl (C=O) groups excluding carboxylic acids is 4. The number of rotatable bonds is 6. The van der Waals surface area contributed by atoms with Gasteiger partial charge in [0.05, 0.1) is 5.56 Å². The molecule has 1 aromatic rings. The van der Waals surface area contributed by atoms with Crippen LogP contribution in [0.15, 0.2) is 30.3 Å². The molecule has 1 spiro atoms. The summed E-state index contributed by atoms with van der Waals surface area (Å²) in [6.45, 7) is 1.23. The van der Waals surface area contributed by atoms with E-state index in [2.05, 4.69) is 5.32 Å². The molecular formula is C20H24N2O6. The molecule has 2 fully saturated rings. The van der Waals surface area contributed by atoms with Crippen molar-refractivity contribution >= 4 is 23.9 Å². The van der Waals surface area contributed by atoms with Gasteiger partial charge >= 0.3 is 18.0 Å². The van der Waals surface area contributed by atoms with Gasteiger partial charge in [0.1, 0.15) is 25.3 Å². The Labute approximate surface area is 163 Å². The zero-order valence-corrected chi connectivity index (χ0v) is 15.8. The van der Waals surface area contributed by atoms with Crippen molar-refractivity contribution in [3.8, 4) is 0 Å². The maximum absolute atomic E-state index is 12.8. The third kappa shape index (κ3) is 4.00. The molecule has 2 aliphatic rings. The van der Waals surface area contributed by atoms with Crippen molar-refractivity contribution in [3.63, 3.8) is 0 Å². The molecule has 1 aliphatic heterocycles. The highest BCUT2D eigenvalue weighted by Crippen LogP contribution is 2.38. The molecule has 0 unspecified atom stereocenters. The number of urea groups is 1. The molecule has 1 saturated carbocycles. The first-order valence-electron chi connectivity index (χ1n) is 9.46. The Morgan fingerprint density at radius 1 is 1.14 bits per heavy atom. The lowest BCUT2D eigenvalue weighted by Gasteiger charge is -2.36. The topological polar surface area (TPSA) is 102 Å². The monoisotopic (exact) mass is 388 g/mol. The van der Waals surface area contributed by atoms with Crippen molar-refractivity contribution in [2.45, 2.75) is 38.1 Å². The minimum Gasteiger partial charge on any atom is -0.461 e. The lowest BCUT2D eigenvalue weighted by Crippen LogP contribution is -2.54. The second-order valence-corrected chi connectivity index (χ2v) is 7.16. The molecule has 0 radical (unpaired) electrons. The molecule has 1 saturated heterocycles. The largest absolute Gasteiger partial charge is 0.461 e. The fourth-order valence-electron chi connectivity index (χ4n) is 3.76. The predicted molar refractivity (Wildman–Crippen MR) is 98.3 cm³/mol. The van der Waals surface area contributed by atoms with Gasteiger partial charge in [-0.3, -0.25) is 14.5 Å². The van der Waals surface area contributed by atoms with Crippen LogP contribution in [0.2, 0.25) is 0 Å². The van der Waals surface area contributed by atoms with Crippen LogP contribution in [0.3, 0.4) is 0 Å². The maximum Gasteiger partial charge on any atom is 0.338 e. The number of ether oxygens (including phenoxy) is 2. The van der Waals surface area contributed by atoms with Gasteiger partial charge in [-0.05, 0) is 30.9 Å². The molecule has 28 heavy (non-hydrogen) atoms. The van der Waals surface area contributed by atoms with Crippen LogP contribution in [0.5, 0.6) is 0 Å². The molecule has 1 aromatic carbocycles. The smallest absolute Gasteiger partial charge is 0.338 e. The zero-order valence-electron chi connectivity index (χ0n) is 15.8. The Bertz CT molecular complexity index is 765. The summed E-state index contributed by atoms with van der Waals surface area (Å²) < 4.78 is 10.0. The van der Waals surface area contributed by atoms with Gasteiger partial charge in [-0.1, -0.05) is 38.0 Å². The summed E-state index contributed by atoms with van der Waals surface area (Å²) in [4.78, 5) is 49.7. The van der Waals surface area contributed by atoms with Crippen molar-refractivity contribution in [3.05, 3.63) is 35.9 Å². The van der Waals surface area contributed by atoms with Crippen LogP contribution in [0.4, 0.5) is 4.79 Å². The average molecular weight is 388 g/mol. The number of hydrogen-bond acceptors (Lipinski definition) is 6. The van der Waals surface area contributed by atoms with E-state index in [0.29, 0.717) is 12.0 Å². The molecule has 2 atom stereocenters. The van der Waals surface area contributed by atoms with Gasteiger partial charge in [-0.25, -0.2) is 9.59 Å². The summed E-state index contributed by atoms with van der Waals surface area (Å²) in [5.41, 5.74) is -0.499. The van der Waals surface area contributed by atoms with Crippen LogP contribution >= 0.6 is 0 Å². The van der Waals surface area contributed by atoms with E-state index in [0.717, 1.165) is 24.2 Å². The Kier molecular flexibility index (Phi) is 5.96. The number of carbonyl (C=O) groups is 4. The quantitative estimate of drug-likeness (QED) is 0.454. The van der Waals surface area contributed by atoms with Gasteiger partial charge in [-0.15, -0.1) is 0 Å². The molecule has 1 N–H and O–H groups in total. The molecule has 150 valence electrons. The predicted octanol–water partition coefficient (Wildman–Crippen LogP) is 1.89. The minimum absolute atomic E-state index is 0.0242. The molecule has 0 bridgehead atoms. The minimum atomic E-state index is -0.902. The van der Waals surface area contributed by atoms with E-state index in [1.54, 1.807) is 30.3 Å². The van der Waals surface area contributed by atoms with E-state index >= 15 is 0 Å². The molecule has 3 amide bonds. The Balaban J connectivity index is 1.45. The first kappa shape index (κ1) is 19.9. The van der Waals surface area contributed by atoms with E-state index in [-0.39, 0.29) is 25.0 Å². The highest BCUT2D eigenvalue weighted by Gasteiger charge is 2.55. The van der Waals surface area contributed by atoms with Crippen molar-refractivity contribution in [1.29, 1.82) is 0 Å². The van der Waals surface area contributed by atoms with Crippen LogP contribution in [0.1, 0.15) is 43.0 Å². The van der Waals surface area contributed by atoms with E-state index in [9.17, 15) is 19.2 Å². The number of nitrogens with one attached hydrogen (secondary N) is 1. The third-order valence-electron chi connectivity index (χ3n) is 5.38. The van der Waals surface area contributed by atoms with Crippen molar-refractivity contribution in [1.82, 2.24) is 10.2 Å². The number of nitrogens with zero attached hydrogens (tertiary/aromatic N) is 1. The molecule has 0 aromatic heterocycles. The summed E-state index contributed by atoms with van der Waals surface area (Å²) in [6.07, 6.45) is 3.33. The van der Waals surface area contributed by atoms with E-state index < -0.39 is 30.1 Å². The Morgan fingerprint density at radius 3 is 2.57 bits per heavy atom. The molecular weight excluding hydrogens is 364 g/mol. The number of amides is 3. The van der Waals surface area contributed by atoms with Crippen LogP contribution in [0, 0.1) is 5.92 Å². The highest BCUT2D eigenvalue weighted by molar-refractivity contribution is 6.09. The van der Waals surface area contributed by atoms with E-state index in [1.165, 1.54) is 0 Å². The van der Waals surface area contributed by atoms with Gasteiger partial charge in [0.25, 0.3) is 5.91 Å². The highest BCUT2D eigenvalue weighted by atomic mass is 16.6. The first-order valence-corrected chi connectivity index (χ1v) is 9.46. The lowest BCUT2D eigenvalue weighted by molar-refractivity contribution is -0.149. The standard InChI is InChI=1S/C20H24N2O6/c1-14-7-5-6-10-20(14)18(25)22(19(26)21-20)13-16(23)27-11-12-28-17(24)15-8-3-2-4-9-15/h2-4,8-9,14H,5-7,10-13H2,1H3,(H,21,26)/t14-,20+/m0/s1. The Hall–Kier alpha value is -2.90. The summed E-state index contributed by atoms with van der Waals surface area (Å²) in [6, 6.07) is 7.89. The van der Waals surface area contributed by atoms with Gasteiger partial charge in [0.15, 0.2) is 0 Å². The van der Waals surface area contributed by atoms with Gasteiger partial charge in [0, 0.05) is 0 Å². The molecule has 1 aliphatic carbocycles. The fourth-order valence-corrected chi connectivity index (χ4v) is 3.76. The average Bonchev–Trinajstić information content (AvgIpc) is 2.93. The zero-order chi connectivity index (χ0) is 20.1. The van der Waals surface area contributed by atoms with Crippen LogP contribution in [-0.4, -0.2) is 54.1 Å². The molecule has 1 heterocycles. The number of esters is 2. The number of imide groups is 1. The van der Waals surface area contributed by atoms with Crippen LogP contribution in [0.25, 0.3) is 0 Å². The summed E-state index contributed by atoms with van der Waals surface area (Å²) in [5, 5.41) is 2.78. The number of hydrogen-bond donors (Lipinski definition) is 1. The third-order valence-corrected chi connectivity index (χ3v) is 5.38. The molecule has 8 nitrogen and oxygen atoms in total. The maximum atomic E-state index is 12.8. The van der Waals surface area contributed by atoms with Crippen molar-refractivity contribution < 1.29 is 28.7 Å². The Morgan fingerprint density at radius 2 is 1.86 bits per heavy atom. The number of benzene rings is 1. The lowest BCUT2D eigenvalue weighted by atomic mass is 9.73. The van der Waals surface area contributed by atoms with Gasteiger partial charge in [-0.2, -0.15) is 0 Å².